The van der Waals surface area contributed by atoms with Crippen LogP contribution in [0, 0.1) is 10.1 Å². The van der Waals surface area contributed by atoms with Crippen LogP contribution < -0.4 is 5.32 Å². The lowest BCUT2D eigenvalue weighted by Gasteiger charge is -2.18. The highest BCUT2D eigenvalue weighted by atomic mass is 16.6. The molecule has 0 aliphatic heterocycles. The number of rotatable bonds is 4. The molecule has 0 unspecified atom stereocenters. The van der Waals surface area contributed by atoms with Crippen LogP contribution in [0.2, 0.25) is 0 Å². The highest BCUT2D eigenvalue weighted by Gasteiger charge is 2.20. The van der Waals surface area contributed by atoms with Crippen molar-refractivity contribution in [3.8, 4) is 0 Å². The Morgan fingerprint density at radius 1 is 1.44 bits per heavy atom. The van der Waals surface area contributed by atoms with Crippen LogP contribution in [0.3, 0.4) is 0 Å². The van der Waals surface area contributed by atoms with Gasteiger partial charge in [0.15, 0.2) is 5.52 Å². The van der Waals surface area contributed by atoms with Crippen molar-refractivity contribution in [2.45, 2.75) is 19.4 Å². The molecule has 1 aromatic carbocycles. The standard InChI is InChI=1S/C10H12N4O4/c1-10(2,15)5-11-6-3-4-7(14(16)17)9-8(6)12-18-13-9/h3-4,11,15H,5H2,1-2H3. The normalized spacial score (nSPS) is 11.7. The van der Waals surface area contributed by atoms with Gasteiger partial charge < -0.3 is 10.4 Å². The first-order valence-corrected chi connectivity index (χ1v) is 5.24. The molecule has 1 aromatic heterocycles. The molecule has 2 aromatic rings. The molecule has 2 rings (SSSR count). The zero-order chi connectivity index (χ0) is 13.3. The number of nitrogens with zero attached hydrogens (tertiary/aromatic N) is 3. The number of aliphatic hydroxyl groups is 1. The van der Waals surface area contributed by atoms with Gasteiger partial charge in [-0.1, -0.05) is 0 Å². The first kappa shape index (κ1) is 12.2. The number of hydrogen-bond acceptors (Lipinski definition) is 7. The minimum atomic E-state index is -0.911. The molecule has 0 bridgehead atoms. The minimum Gasteiger partial charge on any atom is -0.389 e. The fraction of sp³-hybridized carbons (Fsp3) is 0.400. The van der Waals surface area contributed by atoms with Crippen molar-refractivity contribution in [1.82, 2.24) is 10.3 Å². The molecule has 0 saturated carbocycles. The van der Waals surface area contributed by atoms with Crippen molar-refractivity contribution in [2.24, 2.45) is 0 Å². The van der Waals surface area contributed by atoms with Gasteiger partial charge in [0.05, 0.1) is 16.2 Å². The first-order valence-electron chi connectivity index (χ1n) is 5.24. The van der Waals surface area contributed by atoms with E-state index >= 15 is 0 Å². The molecule has 0 fully saturated rings. The van der Waals surface area contributed by atoms with Crippen LogP contribution in [-0.2, 0) is 0 Å². The van der Waals surface area contributed by atoms with E-state index in [0.717, 1.165) is 0 Å². The molecule has 0 aliphatic carbocycles. The maximum atomic E-state index is 10.8. The quantitative estimate of drug-likeness (QED) is 0.622. The number of aromatic nitrogens is 2. The van der Waals surface area contributed by atoms with Crippen molar-refractivity contribution in [1.29, 1.82) is 0 Å². The Morgan fingerprint density at radius 2 is 2.11 bits per heavy atom. The smallest absolute Gasteiger partial charge is 0.300 e. The Labute approximate surface area is 102 Å². The molecule has 0 saturated heterocycles. The Hall–Kier alpha value is -2.22. The third kappa shape index (κ3) is 2.38. The predicted molar refractivity (Wildman–Crippen MR) is 63.2 cm³/mol. The zero-order valence-electron chi connectivity index (χ0n) is 9.88. The summed E-state index contributed by atoms with van der Waals surface area (Å²) in [6, 6.07) is 2.83. The number of fused-ring (bicyclic) bond motifs is 1. The molecule has 0 aliphatic rings. The molecular formula is C10H12N4O4. The van der Waals surface area contributed by atoms with Crippen LogP contribution in [0.1, 0.15) is 13.8 Å². The maximum absolute atomic E-state index is 10.8. The number of nitro groups is 1. The van der Waals surface area contributed by atoms with Gasteiger partial charge in [-0.25, -0.2) is 4.63 Å². The Kier molecular flexibility index (Phi) is 2.87. The van der Waals surface area contributed by atoms with E-state index in [4.69, 9.17) is 0 Å². The van der Waals surface area contributed by atoms with Crippen LogP contribution in [0.4, 0.5) is 11.4 Å². The molecule has 96 valence electrons. The summed E-state index contributed by atoms with van der Waals surface area (Å²) in [4.78, 5) is 10.2. The summed E-state index contributed by atoms with van der Waals surface area (Å²) in [7, 11) is 0. The van der Waals surface area contributed by atoms with Crippen LogP contribution in [0.25, 0.3) is 11.0 Å². The third-order valence-corrected chi connectivity index (χ3v) is 2.30. The molecule has 0 atom stereocenters. The van der Waals surface area contributed by atoms with Gasteiger partial charge in [-0.15, -0.1) is 0 Å². The summed E-state index contributed by atoms with van der Waals surface area (Å²) in [5.74, 6) is 0. The fourth-order valence-corrected chi connectivity index (χ4v) is 1.45. The van der Waals surface area contributed by atoms with Gasteiger partial charge in [-0.3, -0.25) is 10.1 Å². The lowest BCUT2D eigenvalue weighted by molar-refractivity contribution is -0.383. The molecule has 0 spiro atoms. The number of nitrogens with one attached hydrogen (secondary N) is 1. The molecule has 8 heteroatoms. The summed E-state index contributed by atoms with van der Waals surface area (Å²) in [5.41, 5.74) is -0.195. The number of hydrogen-bond donors (Lipinski definition) is 2. The van der Waals surface area contributed by atoms with Crippen LogP contribution in [0.15, 0.2) is 16.8 Å². The van der Waals surface area contributed by atoms with Crippen LogP contribution >= 0.6 is 0 Å². The van der Waals surface area contributed by atoms with Gasteiger partial charge in [-0.2, -0.15) is 0 Å². The largest absolute Gasteiger partial charge is 0.389 e. The van der Waals surface area contributed by atoms with Crippen molar-refractivity contribution in [3.63, 3.8) is 0 Å². The summed E-state index contributed by atoms with van der Waals surface area (Å²) in [6.07, 6.45) is 0. The number of anilines is 1. The lowest BCUT2D eigenvalue weighted by Crippen LogP contribution is -2.29. The van der Waals surface area contributed by atoms with Crippen LogP contribution in [0.5, 0.6) is 0 Å². The van der Waals surface area contributed by atoms with E-state index in [1.165, 1.54) is 12.1 Å². The number of benzene rings is 1. The van der Waals surface area contributed by atoms with Crippen molar-refractivity contribution < 1.29 is 14.7 Å². The SMILES string of the molecule is CC(C)(O)CNc1ccc([N+](=O)[O-])c2nonc12. The van der Waals surface area contributed by atoms with E-state index in [-0.39, 0.29) is 23.3 Å². The van der Waals surface area contributed by atoms with Gasteiger partial charge in [0.1, 0.15) is 0 Å². The molecular weight excluding hydrogens is 240 g/mol. The van der Waals surface area contributed by atoms with Crippen molar-refractivity contribution in [3.05, 3.63) is 22.2 Å². The van der Waals surface area contributed by atoms with Gasteiger partial charge in [0, 0.05) is 12.6 Å². The van der Waals surface area contributed by atoms with E-state index < -0.39 is 10.5 Å². The van der Waals surface area contributed by atoms with Gasteiger partial charge in [0.2, 0.25) is 5.52 Å². The molecule has 18 heavy (non-hydrogen) atoms. The second-order valence-electron chi connectivity index (χ2n) is 4.52. The summed E-state index contributed by atoms with van der Waals surface area (Å²) >= 11 is 0. The predicted octanol–water partition coefficient (Wildman–Crippen LogP) is 1.31. The van der Waals surface area contributed by atoms with E-state index in [0.29, 0.717) is 5.69 Å². The average Bonchev–Trinajstić information content (AvgIpc) is 2.72. The first-order chi connectivity index (χ1) is 8.38. The number of nitro benzene ring substituents is 1. The topological polar surface area (TPSA) is 114 Å². The number of non-ortho nitro benzene ring substituents is 1. The van der Waals surface area contributed by atoms with Gasteiger partial charge >= 0.3 is 5.69 Å². The minimum absolute atomic E-state index is 0.0840. The third-order valence-electron chi connectivity index (χ3n) is 2.30. The second kappa shape index (κ2) is 4.22. The van der Waals surface area contributed by atoms with E-state index in [2.05, 4.69) is 20.3 Å². The van der Waals surface area contributed by atoms with Crippen molar-refractivity contribution >= 4 is 22.4 Å². The summed E-state index contributed by atoms with van der Waals surface area (Å²) in [6.45, 7) is 3.56. The van der Waals surface area contributed by atoms with E-state index in [9.17, 15) is 15.2 Å². The van der Waals surface area contributed by atoms with Gasteiger partial charge in [0.25, 0.3) is 0 Å². The molecule has 2 N–H and O–H groups in total. The Balaban J connectivity index is 2.39. The molecule has 0 amide bonds. The summed E-state index contributed by atoms with van der Waals surface area (Å²) < 4.78 is 4.52. The zero-order valence-corrected chi connectivity index (χ0v) is 9.88. The average molecular weight is 252 g/mol. The van der Waals surface area contributed by atoms with Crippen LogP contribution in [-0.4, -0.2) is 32.5 Å². The van der Waals surface area contributed by atoms with Gasteiger partial charge in [-0.05, 0) is 30.2 Å². The fourth-order valence-electron chi connectivity index (χ4n) is 1.45. The Bertz CT molecular complexity index is 587. The summed E-state index contributed by atoms with van der Waals surface area (Å²) in [5, 5.41) is 30.5. The van der Waals surface area contributed by atoms with E-state index in [1.807, 2.05) is 0 Å². The molecule has 1 heterocycles. The monoisotopic (exact) mass is 252 g/mol. The second-order valence-corrected chi connectivity index (χ2v) is 4.52. The van der Waals surface area contributed by atoms with Crippen molar-refractivity contribution in [2.75, 3.05) is 11.9 Å². The highest BCUT2D eigenvalue weighted by molar-refractivity contribution is 5.93. The molecule has 8 nitrogen and oxygen atoms in total. The molecule has 0 radical (unpaired) electrons. The maximum Gasteiger partial charge on any atom is 0.300 e. The lowest BCUT2D eigenvalue weighted by atomic mass is 10.1. The van der Waals surface area contributed by atoms with E-state index in [1.54, 1.807) is 13.8 Å². The Morgan fingerprint density at radius 3 is 2.72 bits per heavy atom. The highest BCUT2D eigenvalue weighted by Crippen LogP contribution is 2.28.